The average molecular weight is 247 g/mol. The van der Waals surface area contributed by atoms with Crippen LogP contribution in [0.4, 0.5) is 11.4 Å². The fourth-order valence-electron chi connectivity index (χ4n) is 1.60. The highest BCUT2D eigenvalue weighted by Gasteiger charge is 2.13. The first-order valence-electron chi connectivity index (χ1n) is 5.40. The van der Waals surface area contributed by atoms with Gasteiger partial charge in [0, 0.05) is 13.1 Å². The van der Waals surface area contributed by atoms with Crippen LogP contribution in [0.1, 0.15) is 11.3 Å². The molecule has 0 unspecified atom stereocenters. The van der Waals surface area contributed by atoms with Crippen LogP contribution in [0, 0.1) is 17.0 Å². The van der Waals surface area contributed by atoms with Crippen LogP contribution in [0.25, 0.3) is 0 Å². The zero-order valence-corrected chi connectivity index (χ0v) is 10.1. The summed E-state index contributed by atoms with van der Waals surface area (Å²) in [5.41, 5.74) is 2.27. The standard InChI is InChI=1S/C11H13N5O2/c1-8-3-4-10(11(5-8)16(17)18)12-6-9-7-13-14-15(9)2/h3-5,7,12H,6H2,1-2H3. The number of nitrogens with one attached hydrogen (secondary N) is 1. The van der Waals surface area contributed by atoms with E-state index in [1.807, 2.05) is 13.0 Å². The Bertz CT molecular complexity index is 579. The van der Waals surface area contributed by atoms with Crippen molar-refractivity contribution in [3.8, 4) is 0 Å². The van der Waals surface area contributed by atoms with Gasteiger partial charge >= 0.3 is 0 Å². The van der Waals surface area contributed by atoms with Crippen molar-refractivity contribution in [3.05, 3.63) is 45.8 Å². The average Bonchev–Trinajstić information content (AvgIpc) is 2.73. The van der Waals surface area contributed by atoms with Gasteiger partial charge in [0.25, 0.3) is 5.69 Å². The smallest absolute Gasteiger partial charge is 0.292 e. The minimum absolute atomic E-state index is 0.0742. The summed E-state index contributed by atoms with van der Waals surface area (Å²) in [5, 5.41) is 21.5. The van der Waals surface area contributed by atoms with Crippen molar-refractivity contribution in [2.45, 2.75) is 13.5 Å². The third-order valence-corrected chi connectivity index (χ3v) is 2.62. The van der Waals surface area contributed by atoms with Gasteiger partial charge in [-0.3, -0.25) is 14.8 Å². The maximum atomic E-state index is 10.9. The number of aromatic nitrogens is 3. The summed E-state index contributed by atoms with van der Waals surface area (Å²) in [4.78, 5) is 10.5. The summed E-state index contributed by atoms with van der Waals surface area (Å²) in [5.74, 6) is 0. The number of hydrogen-bond acceptors (Lipinski definition) is 5. The van der Waals surface area contributed by atoms with E-state index in [4.69, 9.17) is 0 Å². The molecule has 0 amide bonds. The number of nitrogens with zero attached hydrogens (tertiary/aromatic N) is 4. The van der Waals surface area contributed by atoms with Gasteiger partial charge in [0.05, 0.1) is 23.4 Å². The molecule has 0 spiro atoms. The summed E-state index contributed by atoms with van der Waals surface area (Å²) in [7, 11) is 1.77. The summed E-state index contributed by atoms with van der Waals surface area (Å²) in [6.45, 7) is 2.26. The first-order chi connectivity index (χ1) is 8.58. The first-order valence-corrected chi connectivity index (χ1v) is 5.40. The van der Waals surface area contributed by atoms with E-state index in [-0.39, 0.29) is 5.69 Å². The van der Waals surface area contributed by atoms with Crippen molar-refractivity contribution in [2.75, 3.05) is 5.32 Å². The van der Waals surface area contributed by atoms with Crippen molar-refractivity contribution < 1.29 is 4.92 Å². The Morgan fingerprint density at radius 2 is 2.28 bits per heavy atom. The lowest BCUT2D eigenvalue weighted by Crippen LogP contribution is -2.07. The van der Waals surface area contributed by atoms with Crippen LogP contribution in [-0.2, 0) is 13.6 Å². The van der Waals surface area contributed by atoms with Crippen LogP contribution >= 0.6 is 0 Å². The Kier molecular flexibility index (Phi) is 3.22. The molecule has 18 heavy (non-hydrogen) atoms. The van der Waals surface area contributed by atoms with Crippen LogP contribution in [0.5, 0.6) is 0 Å². The first kappa shape index (κ1) is 12.0. The predicted octanol–water partition coefficient (Wildman–Crippen LogP) is 1.64. The summed E-state index contributed by atoms with van der Waals surface area (Å²) in [6.07, 6.45) is 1.62. The largest absolute Gasteiger partial charge is 0.374 e. The SMILES string of the molecule is Cc1ccc(NCc2cnnn2C)c([N+](=O)[O-])c1. The number of anilines is 1. The van der Waals surface area contributed by atoms with Gasteiger partial charge in [-0.25, -0.2) is 0 Å². The number of hydrogen-bond donors (Lipinski definition) is 1. The lowest BCUT2D eigenvalue weighted by atomic mass is 10.2. The molecule has 1 aromatic carbocycles. The van der Waals surface area contributed by atoms with Crippen LogP contribution in [-0.4, -0.2) is 19.9 Å². The molecule has 2 rings (SSSR count). The predicted molar refractivity (Wildman–Crippen MR) is 66.2 cm³/mol. The zero-order valence-electron chi connectivity index (χ0n) is 10.1. The molecule has 0 aliphatic rings. The zero-order chi connectivity index (χ0) is 13.1. The molecule has 7 nitrogen and oxygen atoms in total. The molecule has 0 saturated heterocycles. The monoisotopic (exact) mass is 247 g/mol. The van der Waals surface area contributed by atoms with Crippen molar-refractivity contribution in [2.24, 2.45) is 7.05 Å². The molecule has 94 valence electrons. The Morgan fingerprint density at radius 3 is 2.89 bits per heavy atom. The Morgan fingerprint density at radius 1 is 1.50 bits per heavy atom. The fraction of sp³-hybridized carbons (Fsp3) is 0.273. The van der Waals surface area contributed by atoms with Gasteiger partial charge in [-0.1, -0.05) is 11.3 Å². The molecule has 1 heterocycles. The molecule has 0 aliphatic heterocycles. The highest BCUT2D eigenvalue weighted by Crippen LogP contribution is 2.25. The highest BCUT2D eigenvalue weighted by atomic mass is 16.6. The van der Waals surface area contributed by atoms with Crippen LogP contribution in [0.15, 0.2) is 24.4 Å². The molecule has 0 fully saturated rings. The van der Waals surface area contributed by atoms with E-state index in [2.05, 4.69) is 15.6 Å². The Balaban J connectivity index is 2.19. The lowest BCUT2D eigenvalue weighted by Gasteiger charge is -2.07. The molecule has 0 radical (unpaired) electrons. The maximum Gasteiger partial charge on any atom is 0.292 e. The second-order valence-corrected chi connectivity index (χ2v) is 3.98. The molecule has 0 atom stereocenters. The maximum absolute atomic E-state index is 10.9. The van der Waals surface area contributed by atoms with Gasteiger partial charge in [-0.2, -0.15) is 0 Å². The molecular formula is C11H13N5O2. The van der Waals surface area contributed by atoms with E-state index in [1.165, 1.54) is 0 Å². The van der Waals surface area contributed by atoms with Gasteiger partial charge in [-0.15, -0.1) is 5.10 Å². The molecule has 7 heteroatoms. The molecule has 0 saturated carbocycles. The topological polar surface area (TPSA) is 85.9 Å². The number of nitro benzene ring substituents is 1. The Hall–Kier alpha value is -2.44. The van der Waals surface area contributed by atoms with Crippen LogP contribution in [0.2, 0.25) is 0 Å². The fourth-order valence-corrected chi connectivity index (χ4v) is 1.60. The number of nitro groups is 1. The molecule has 1 aromatic heterocycles. The van der Waals surface area contributed by atoms with Crippen LogP contribution in [0.3, 0.4) is 0 Å². The van der Waals surface area contributed by atoms with Crippen molar-refractivity contribution in [3.63, 3.8) is 0 Å². The third kappa shape index (κ3) is 2.45. The van der Waals surface area contributed by atoms with E-state index in [0.29, 0.717) is 12.2 Å². The van der Waals surface area contributed by atoms with Gasteiger partial charge in [-0.05, 0) is 18.6 Å². The summed E-state index contributed by atoms with van der Waals surface area (Å²) >= 11 is 0. The minimum Gasteiger partial charge on any atom is -0.374 e. The van der Waals surface area contributed by atoms with E-state index < -0.39 is 4.92 Å². The van der Waals surface area contributed by atoms with E-state index in [9.17, 15) is 10.1 Å². The number of rotatable bonds is 4. The molecule has 0 aliphatic carbocycles. The van der Waals surface area contributed by atoms with Gasteiger partial charge < -0.3 is 5.32 Å². The van der Waals surface area contributed by atoms with E-state index >= 15 is 0 Å². The molecular weight excluding hydrogens is 234 g/mol. The van der Waals surface area contributed by atoms with Gasteiger partial charge in [0.2, 0.25) is 0 Å². The molecule has 0 bridgehead atoms. The van der Waals surface area contributed by atoms with E-state index in [0.717, 1.165) is 11.3 Å². The van der Waals surface area contributed by atoms with E-state index in [1.54, 1.807) is 30.1 Å². The molecule has 2 aromatic rings. The second kappa shape index (κ2) is 4.82. The summed E-state index contributed by atoms with van der Waals surface area (Å²) < 4.78 is 1.62. The molecule has 1 N–H and O–H groups in total. The van der Waals surface area contributed by atoms with Crippen molar-refractivity contribution in [1.29, 1.82) is 0 Å². The summed E-state index contributed by atoms with van der Waals surface area (Å²) in [6, 6.07) is 5.08. The van der Waals surface area contributed by atoms with Gasteiger partial charge in [0.15, 0.2) is 0 Å². The Labute approximate surface area is 104 Å². The van der Waals surface area contributed by atoms with Crippen LogP contribution < -0.4 is 5.32 Å². The van der Waals surface area contributed by atoms with Crippen molar-refractivity contribution >= 4 is 11.4 Å². The normalized spacial score (nSPS) is 10.3. The van der Waals surface area contributed by atoms with Crippen molar-refractivity contribution in [1.82, 2.24) is 15.0 Å². The minimum atomic E-state index is -0.392. The third-order valence-electron chi connectivity index (χ3n) is 2.62. The lowest BCUT2D eigenvalue weighted by molar-refractivity contribution is -0.384. The second-order valence-electron chi connectivity index (χ2n) is 3.98. The van der Waals surface area contributed by atoms with Gasteiger partial charge in [0.1, 0.15) is 5.69 Å². The number of benzene rings is 1. The highest BCUT2D eigenvalue weighted by molar-refractivity contribution is 5.62. The quantitative estimate of drug-likeness (QED) is 0.655. The number of aryl methyl sites for hydroxylation is 2.